The maximum atomic E-state index is 6.34. The van der Waals surface area contributed by atoms with Crippen molar-refractivity contribution in [3.05, 3.63) is 54.1 Å². The molecule has 0 aromatic heterocycles. The Labute approximate surface area is 201 Å². The van der Waals surface area contributed by atoms with Gasteiger partial charge in [0, 0.05) is 11.6 Å². The molecule has 2 aromatic carbocycles. The van der Waals surface area contributed by atoms with E-state index in [9.17, 15) is 0 Å². The Morgan fingerprint density at radius 2 is 1.52 bits per heavy atom. The Bertz CT molecular complexity index is 951. The first-order chi connectivity index (χ1) is 15.2. The van der Waals surface area contributed by atoms with Gasteiger partial charge in [-0.25, -0.2) is 14.0 Å². The lowest BCUT2D eigenvalue weighted by atomic mass is 9.98. The molecule has 2 rings (SSSR count). The van der Waals surface area contributed by atoms with Gasteiger partial charge in [0.05, 0.1) is 22.1 Å². The van der Waals surface area contributed by atoms with Crippen molar-refractivity contribution >= 4 is 60.7 Å². The van der Waals surface area contributed by atoms with Crippen molar-refractivity contribution in [1.29, 1.82) is 0 Å². The highest BCUT2D eigenvalue weighted by Gasteiger charge is 2.34. The molecule has 0 bridgehead atoms. The Morgan fingerprint density at radius 3 is 2.13 bits per heavy atom. The Balaban J connectivity index is 2.23. The lowest BCUT2D eigenvalue weighted by Gasteiger charge is -2.17. The highest BCUT2D eigenvalue weighted by atomic mass is 32.1. The zero-order valence-electron chi connectivity index (χ0n) is 17.5. The fraction of sp³-hybridized carbons (Fsp3) is 0.348. The van der Waals surface area contributed by atoms with Crippen molar-refractivity contribution in [2.45, 2.75) is 45.1 Å². The molecule has 8 heteroatoms. The summed E-state index contributed by atoms with van der Waals surface area (Å²) in [5.41, 5.74) is 3.47. The Morgan fingerprint density at radius 1 is 0.839 bits per heavy atom. The van der Waals surface area contributed by atoms with Gasteiger partial charge >= 0.3 is 8.56 Å². The van der Waals surface area contributed by atoms with E-state index in [4.69, 9.17) is 41.4 Å². The summed E-state index contributed by atoms with van der Waals surface area (Å²) in [5.74, 6) is 0.937. The quantitative estimate of drug-likeness (QED) is 0.132. The predicted molar refractivity (Wildman–Crippen MR) is 141 cm³/mol. The van der Waals surface area contributed by atoms with E-state index in [0.717, 1.165) is 29.7 Å². The number of thiocarbonyl (C=S) groups is 3. The zero-order chi connectivity index (χ0) is 22.4. The first kappa shape index (κ1) is 25.1. The zero-order valence-corrected chi connectivity index (χ0v) is 21.0. The van der Waals surface area contributed by atoms with Crippen LogP contribution in [0, 0.1) is 0 Å². The van der Waals surface area contributed by atoms with Gasteiger partial charge in [-0.05, 0) is 67.0 Å². The molecule has 0 atom stereocenters. The van der Waals surface area contributed by atoms with Gasteiger partial charge in [-0.3, -0.25) is 0 Å². The first-order valence-electron chi connectivity index (χ1n) is 10.3. The van der Waals surface area contributed by atoms with Crippen molar-refractivity contribution < 1.29 is 4.74 Å². The van der Waals surface area contributed by atoms with E-state index in [-0.39, 0.29) is 0 Å². The van der Waals surface area contributed by atoms with E-state index in [1.807, 2.05) is 18.2 Å². The normalized spacial score (nSPS) is 11.9. The van der Waals surface area contributed by atoms with Crippen molar-refractivity contribution in [3.8, 4) is 16.9 Å². The van der Waals surface area contributed by atoms with Crippen LogP contribution >= 0.6 is 36.7 Å². The van der Waals surface area contributed by atoms with Crippen molar-refractivity contribution in [2.75, 3.05) is 6.61 Å². The minimum atomic E-state index is -2.90. The molecular weight excluding hydrogens is 459 g/mol. The highest BCUT2D eigenvalue weighted by molar-refractivity contribution is 7.78. The lowest BCUT2D eigenvalue weighted by molar-refractivity contribution is 0.314. The molecule has 4 nitrogen and oxygen atoms in total. The van der Waals surface area contributed by atoms with Crippen molar-refractivity contribution in [2.24, 2.45) is 14.0 Å². The summed E-state index contributed by atoms with van der Waals surface area (Å²) in [6, 6.07) is 17.2. The SMILES string of the molecule is CCCCCc1cccc(-c2ccccc2)c1OCCC[Si](N=C=S)(N=C=S)N=C=S. The summed E-state index contributed by atoms with van der Waals surface area (Å²) in [6.45, 7) is 2.70. The number of para-hydroxylation sites is 1. The van der Waals surface area contributed by atoms with Crippen LogP contribution in [0.3, 0.4) is 0 Å². The van der Waals surface area contributed by atoms with Crippen LogP contribution in [-0.2, 0) is 6.42 Å². The van der Waals surface area contributed by atoms with E-state index in [1.54, 1.807) is 0 Å². The predicted octanol–water partition coefficient (Wildman–Crippen LogP) is 7.10. The molecule has 0 unspecified atom stereocenters. The molecule has 160 valence electrons. The third-order valence-electron chi connectivity index (χ3n) is 4.81. The van der Waals surface area contributed by atoms with Crippen LogP contribution in [0.15, 0.2) is 62.5 Å². The number of aryl methyl sites for hydroxylation is 1. The van der Waals surface area contributed by atoms with Gasteiger partial charge < -0.3 is 4.74 Å². The fourth-order valence-corrected chi connectivity index (χ4v) is 6.17. The van der Waals surface area contributed by atoms with E-state index in [1.165, 1.54) is 18.4 Å². The largest absolute Gasteiger partial charge is 0.493 e. The molecular formula is C23H25N3OS3Si. The smallest absolute Gasteiger partial charge is 0.461 e. The maximum Gasteiger partial charge on any atom is 0.461 e. The van der Waals surface area contributed by atoms with Crippen LogP contribution < -0.4 is 4.74 Å². The Kier molecular flexibility index (Phi) is 11.4. The third-order valence-corrected chi connectivity index (χ3v) is 8.00. The van der Waals surface area contributed by atoms with Crippen LogP contribution in [0.25, 0.3) is 11.1 Å². The summed E-state index contributed by atoms with van der Waals surface area (Å²) in [7, 11) is -2.90. The number of hydrogen-bond acceptors (Lipinski definition) is 7. The summed E-state index contributed by atoms with van der Waals surface area (Å²) >= 11 is 14.3. The van der Waals surface area contributed by atoms with Gasteiger partial charge in [-0.15, -0.1) is 0 Å². The second-order valence-electron chi connectivity index (χ2n) is 6.95. The van der Waals surface area contributed by atoms with E-state index in [2.05, 4.69) is 66.7 Å². The van der Waals surface area contributed by atoms with E-state index >= 15 is 0 Å². The van der Waals surface area contributed by atoms with Crippen LogP contribution in [0.2, 0.25) is 6.04 Å². The average molecular weight is 484 g/mol. The third kappa shape index (κ3) is 7.80. The lowest BCUT2D eigenvalue weighted by Crippen LogP contribution is -2.28. The maximum absolute atomic E-state index is 6.34. The summed E-state index contributed by atoms with van der Waals surface area (Å²) < 4.78 is 18.8. The first-order valence-corrected chi connectivity index (χ1v) is 13.5. The molecule has 0 radical (unpaired) electrons. The van der Waals surface area contributed by atoms with Crippen LogP contribution in [0.4, 0.5) is 0 Å². The fourth-order valence-electron chi connectivity index (χ4n) is 3.31. The molecule has 0 saturated heterocycles. The summed E-state index contributed by atoms with van der Waals surface area (Å²) in [5, 5.41) is 7.12. The molecule has 0 saturated carbocycles. The number of isothiocyanates is 3. The van der Waals surface area contributed by atoms with Gasteiger partial charge in [0.15, 0.2) is 0 Å². The number of rotatable bonds is 13. The van der Waals surface area contributed by atoms with Gasteiger partial charge in [-0.1, -0.05) is 68.3 Å². The summed E-state index contributed by atoms with van der Waals surface area (Å²) in [4.78, 5) is 0. The number of benzene rings is 2. The van der Waals surface area contributed by atoms with Crippen LogP contribution in [0.5, 0.6) is 5.75 Å². The van der Waals surface area contributed by atoms with Gasteiger partial charge in [0.1, 0.15) is 5.75 Å². The molecule has 0 aliphatic heterocycles. The second-order valence-corrected chi connectivity index (χ2v) is 10.2. The molecule has 0 heterocycles. The minimum Gasteiger partial charge on any atom is -0.493 e. The van der Waals surface area contributed by atoms with Gasteiger partial charge in [-0.2, -0.15) is 0 Å². The number of ether oxygens (including phenoxy) is 1. The topological polar surface area (TPSA) is 46.3 Å². The number of unbranched alkanes of at least 4 members (excludes halogenated alkanes) is 2. The number of nitrogens with zero attached hydrogens (tertiary/aromatic N) is 3. The molecule has 0 N–H and O–H groups in total. The average Bonchev–Trinajstić information content (AvgIpc) is 2.78. The number of hydrogen-bond donors (Lipinski definition) is 0. The minimum absolute atomic E-state index is 0.492. The highest BCUT2D eigenvalue weighted by Crippen LogP contribution is 2.34. The van der Waals surface area contributed by atoms with Crippen molar-refractivity contribution in [3.63, 3.8) is 0 Å². The molecule has 0 fully saturated rings. The van der Waals surface area contributed by atoms with E-state index in [0.29, 0.717) is 19.1 Å². The molecule has 0 aliphatic rings. The molecule has 31 heavy (non-hydrogen) atoms. The molecule has 2 aromatic rings. The van der Waals surface area contributed by atoms with Crippen LogP contribution in [-0.4, -0.2) is 30.6 Å². The van der Waals surface area contributed by atoms with Crippen LogP contribution in [0.1, 0.15) is 38.2 Å². The molecule has 0 aliphatic carbocycles. The Hall–Kier alpha value is -2.14. The second kappa shape index (κ2) is 14.0. The molecule has 0 amide bonds. The van der Waals surface area contributed by atoms with Gasteiger partial charge in [0.25, 0.3) is 0 Å². The van der Waals surface area contributed by atoms with Crippen molar-refractivity contribution in [1.82, 2.24) is 0 Å². The van der Waals surface area contributed by atoms with Gasteiger partial charge in [0.2, 0.25) is 0 Å². The molecule has 0 spiro atoms. The standard InChI is InChI=1S/C23H25N3OS3Si/c1-2-3-5-12-21-13-8-14-22(20-10-6-4-7-11-20)23(21)27-15-9-16-31(24-17-28,25-18-29)26-19-30/h4,6-8,10-11,13-14H,2-3,5,9,12,15-16H2,1H3. The summed E-state index contributed by atoms with van der Waals surface area (Å²) in [6.07, 6.45) is 5.18. The van der Waals surface area contributed by atoms with E-state index < -0.39 is 8.56 Å². The monoisotopic (exact) mass is 483 g/mol.